The Labute approximate surface area is 154 Å². The van der Waals surface area contributed by atoms with Gasteiger partial charge in [-0.2, -0.15) is 0 Å². The molecule has 3 rings (SSSR count). The lowest BCUT2D eigenvalue weighted by Gasteiger charge is -2.06. The molecule has 0 unspecified atom stereocenters. The zero-order chi connectivity index (χ0) is 16.9. The van der Waals surface area contributed by atoms with Crippen LogP contribution in [-0.4, -0.2) is 10.2 Å². The highest BCUT2D eigenvalue weighted by molar-refractivity contribution is 7.98. The Balaban J connectivity index is 1.59. The van der Waals surface area contributed by atoms with E-state index in [2.05, 4.69) is 10.2 Å². The summed E-state index contributed by atoms with van der Waals surface area (Å²) in [7, 11) is 0. The molecule has 2 N–H and O–H groups in total. The van der Waals surface area contributed by atoms with Crippen molar-refractivity contribution in [1.29, 1.82) is 0 Å². The molecule has 3 aromatic rings. The summed E-state index contributed by atoms with van der Waals surface area (Å²) in [5, 5.41) is 9.65. The van der Waals surface area contributed by atoms with Crippen LogP contribution in [0.25, 0.3) is 0 Å². The first kappa shape index (κ1) is 17.3. The molecule has 0 amide bonds. The minimum Gasteiger partial charge on any atom is -0.414 e. The predicted octanol–water partition coefficient (Wildman–Crippen LogP) is 4.91. The van der Waals surface area contributed by atoms with Crippen molar-refractivity contribution in [3.05, 3.63) is 75.6 Å². The summed E-state index contributed by atoms with van der Waals surface area (Å²) in [6.07, 6.45) is 0.653. The maximum atomic E-state index is 6.15. The minimum atomic E-state index is -0.320. The van der Waals surface area contributed by atoms with Crippen molar-refractivity contribution in [3.63, 3.8) is 0 Å². The van der Waals surface area contributed by atoms with Gasteiger partial charge in [0.25, 0.3) is 5.22 Å². The van der Waals surface area contributed by atoms with Gasteiger partial charge in [-0.25, -0.2) is 0 Å². The standard InChI is InChI=1S/C17H15Cl2N3OS/c18-13-7-6-12(8-14(13)19)10-24-17-22-21-16(23-17)15(20)9-11-4-2-1-3-5-11/h1-8,15H,9-10,20H2/t15-/m0/s1. The number of hydrogen-bond acceptors (Lipinski definition) is 5. The molecule has 0 saturated carbocycles. The summed E-state index contributed by atoms with van der Waals surface area (Å²) in [5.74, 6) is 1.10. The Morgan fingerprint density at radius 3 is 2.54 bits per heavy atom. The summed E-state index contributed by atoms with van der Waals surface area (Å²) in [6, 6.07) is 15.2. The van der Waals surface area contributed by atoms with Crippen LogP contribution in [0.15, 0.2) is 58.2 Å². The van der Waals surface area contributed by atoms with Crippen LogP contribution < -0.4 is 5.73 Å². The minimum absolute atomic E-state index is 0.320. The van der Waals surface area contributed by atoms with Crippen molar-refractivity contribution >= 4 is 35.0 Å². The van der Waals surface area contributed by atoms with Gasteiger partial charge in [-0.1, -0.05) is 71.4 Å². The van der Waals surface area contributed by atoms with Crippen LogP contribution in [-0.2, 0) is 12.2 Å². The number of aromatic nitrogens is 2. The Morgan fingerprint density at radius 2 is 1.79 bits per heavy atom. The second kappa shape index (κ2) is 8.03. The van der Waals surface area contributed by atoms with Crippen LogP contribution in [0.2, 0.25) is 10.0 Å². The number of benzene rings is 2. The average Bonchev–Trinajstić information content (AvgIpc) is 3.06. The molecule has 1 heterocycles. The highest BCUT2D eigenvalue weighted by Gasteiger charge is 2.15. The molecular formula is C17H15Cl2N3OS. The number of nitrogens with zero attached hydrogens (tertiary/aromatic N) is 2. The molecule has 4 nitrogen and oxygen atoms in total. The van der Waals surface area contributed by atoms with Gasteiger partial charge in [0.15, 0.2) is 0 Å². The smallest absolute Gasteiger partial charge is 0.276 e. The Kier molecular flexibility index (Phi) is 5.79. The van der Waals surface area contributed by atoms with E-state index in [4.69, 9.17) is 33.4 Å². The van der Waals surface area contributed by atoms with E-state index in [9.17, 15) is 0 Å². The van der Waals surface area contributed by atoms with Gasteiger partial charge in [0.1, 0.15) is 0 Å². The number of nitrogens with two attached hydrogens (primary N) is 1. The molecule has 0 spiro atoms. The lowest BCUT2D eigenvalue weighted by molar-refractivity contribution is 0.385. The van der Waals surface area contributed by atoms with Gasteiger partial charge in [0.2, 0.25) is 5.89 Å². The molecule has 0 aliphatic rings. The van der Waals surface area contributed by atoms with Crippen molar-refractivity contribution in [3.8, 4) is 0 Å². The fourth-order valence-electron chi connectivity index (χ4n) is 2.16. The van der Waals surface area contributed by atoms with Crippen molar-refractivity contribution in [2.24, 2.45) is 5.73 Å². The van der Waals surface area contributed by atoms with E-state index in [-0.39, 0.29) is 6.04 Å². The third-order valence-electron chi connectivity index (χ3n) is 3.38. The SMILES string of the molecule is N[C@@H](Cc1ccccc1)c1nnc(SCc2ccc(Cl)c(Cl)c2)o1. The third-order valence-corrected chi connectivity index (χ3v) is 5.01. The van der Waals surface area contributed by atoms with Gasteiger partial charge in [-0.3, -0.25) is 0 Å². The van der Waals surface area contributed by atoms with E-state index >= 15 is 0 Å². The molecule has 0 aliphatic heterocycles. The highest BCUT2D eigenvalue weighted by Crippen LogP contribution is 2.28. The van der Waals surface area contributed by atoms with Crippen molar-refractivity contribution in [2.45, 2.75) is 23.4 Å². The van der Waals surface area contributed by atoms with Crippen molar-refractivity contribution in [2.75, 3.05) is 0 Å². The van der Waals surface area contributed by atoms with Crippen LogP contribution in [0.3, 0.4) is 0 Å². The Morgan fingerprint density at radius 1 is 1.00 bits per heavy atom. The first-order valence-corrected chi connectivity index (χ1v) is 9.05. The van der Waals surface area contributed by atoms with E-state index in [1.165, 1.54) is 11.8 Å². The summed E-state index contributed by atoms with van der Waals surface area (Å²) < 4.78 is 5.65. The quantitative estimate of drug-likeness (QED) is 0.616. The molecule has 1 aromatic heterocycles. The molecular weight excluding hydrogens is 365 g/mol. The summed E-state index contributed by atoms with van der Waals surface area (Å²) >= 11 is 13.4. The molecule has 2 aromatic carbocycles. The van der Waals surface area contributed by atoms with Gasteiger partial charge >= 0.3 is 0 Å². The molecule has 24 heavy (non-hydrogen) atoms. The van der Waals surface area contributed by atoms with Gasteiger partial charge in [0.05, 0.1) is 16.1 Å². The second-order valence-corrected chi connectivity index (χ2v) is 6.98. The predicted molar refractivity (Wildman–Crippen MR) is 97.4 cm³/mol. The Hall–Kier alpha value is -1.53. The van der Waals surface area contributed by atoms with E-state index in [0.717, 1.165) is 11.1 Å². The third kappa shape index (κ3) is 4.51. The number of halogens is 2. The first-order chi connectivity index (χ1) is 11.6. The van der Waals surface area contributed by atoms with Gasteiger partial charge in [-0.15, -0.1) is 10.2 Å². The van der Waals surface area contributed by atoms with Crippen LogP contribution in [0.4, 0.5) is 0 Å². The van der Waals surface area contributed by atoms with E-state index < -0.39 is 0 Å². The maximum Gasteiger partial charge on any atom is 0.276 e. The fourth-order valence-corrected chi connectivity index (χ4v) is 3.19. The number of hydrogen-bond donors (Lipinski definition) is 1. The largest absolute Gasteiger partial charge is 0.414 e. The maximum absolute atomic E-state index is 6.15. The second-order valence-electron chi connectivity index (χ2n) is 5.24. The lowest BCUT2D eigenvalue weighted by atomic mass is 10.1. The molecule has 124 valence electrons. The molecule has 1 atom stereocenters. The molecule has 0 radical (unpaired) electrons. The zero-order valence-electron chi connectivity index (χ0n) is 12.7. The monoisotopic (exact) mass is 379 g/mol. The molecule has 0 aliphatic carbocycles. The normalized spacial score (nSPS) is 12.3. The number of thioether (sulfide) groups is 1. The van der Waals surface area contributed by atoms with Crippen LogP contribution >= 0.6 is 35.0 Å². The van der Waals surface area contributed by atoms with Crippen LogP contribution in [0.5, 0.6) is 0 Å². The van der Waals surface area contributed by atoms with E-state index in [1.807, 2.05) is 42.5 Å². The van der Waals surface area contributed by atoms with Gasteiger partial charge in [0, 0.05) is 5.75 Å². The summed E-state index contributed by atoms with van der Waals surface area (Å²) in [4.78, 5) is 0. The molecule has 0 saturated heterocycles. The zero-order valence-corrected chi connectivity index (χ0v) is 15.0. The first-order valence-electron chi connectivity index (χ1n) is 7.31. The highest BCUT2D eigenvalue weighted by atomic mass is 35.5. The van der Waals surface area contributed by atoms with Crippen molar-refractivity contribution < 1.29 is 4.42 Å². The topological polar surface area (TPSA) is 64.9 Å². The average molecular weight is 380 g/mol. The van der Waals surface area contributed by atoms with Crippen molar-refractivity contribution in [1.82, 2.24) is 10.2 Å². The Bertz CT molecular complexity index is 811. The van der Waals surface area contributed by atoms with Gasteiger partial charge in [-0.05, 0) is 29.7 Å². The van der Waals surface area contributed by atoms with E-state index in [1.54, 1.807) is 6.07 Å². The van der Waals surface area contributed by atoms with Gasteiger partial charge < -0.3 is 10.2 Å². The number of rotatable bonds is 6. The summed E-state index contributed by atoms with van der Waals surface area (Å²) in [6.45, 7) is 0. The molecule has 7 heteroatoms. The fraction of sp³-hybridized carbons (Fsp3) is 0.176. The summed E-state index contributed by atoms with van der Waals surface area (Å²) in [5.41, 5.74) is 8.31. The molecule has 0 fully saturated rings. The lowest BCUT2D eigenvalue weighted by Crippen LogP contribution is -2.13. The van der Waals surface area contributed by atoms with Crippen LogP contribution in [0.1, 0.15) is 23.1 Å². The molecule has 0 bridgehead atoms. The van der Waals surface area contributed by atoms with Crippen LogP contribution in [0, 0.1) is 0 Å². The van der Waals surface area contributed by atoms with E-state index in [0.29, 0.717) is 33.3 Å².